The minimum Gasteiger partial charge on any atom is -0.356 e. The first-order valence-corrected chi connectivity index (χ1v) is 11.8. The summed E-state index contributed by atoms with van der Waals surface area (Å²) >= 11 is 0. The smallest absolute Gasteiger partial charge is 0.243 e. The second-order valence-corrected chi connectivity index (χ2v) is 9.64. The van der Waals surface area contributed by atoms with Crippen molar-refractivity contribution < 1.29 is 13.2 Å². The van der Waals surface area contributed by atoms with E-state index >= 15 is 0 Å². The highest BCUT2D eigenvalue weighted by Gasteiger charge is 2.30. The Bertz CT molecular complexity index is 905. The summed E-state index contributed by atoms with van der Waals surface area (Å²) < 4.78 is 27.3. The van der Waals surface area contributed by atoms with Crippen LogP contribution in [0.2, 0.25) is 0 Å². The van der Waals surface area contributed by atoms with Crippen molar-refractivity contribution in [1.29, 1.82) is 0 Å². The number of nitrogens with one attached hydrogen (secondary N) is 1. The van der Waals surface area contributed by atoms with Gasteiger partial charge in [0.05, 0.1) is 4.90 Å². The monoisotopic (exact) mass is 414 g/mol. The molecule has 0 aromatic heterocycles. The van der Waals surface area contributed by atoms with Crippen molar-refractivity contribution in [3.8, 4) is 0 Å². The number of carbonyl (C=O) groups is 1. The average molecular weight is 415 g/mol. The highest BCUT2D eigenvalue weighted by molar-refractivity contribution is 7.89. The summed E-state index contributed by atoms with van der Waals surface area (Å²) in [4.78, 5) is 12.5. The second-order valence-electron chi connectivity index (χ2n) is 7.74. The summed E-state index contributed by atoms with van der Waals surface area (Å²) in [5.41, 5.74) is 2.00. The Morgan fingerprint density at radius 1 is 1.03 bits per heavy atom. The van der Waals surface area contributed by atoms with Gasteiger partial charge in [0.25, 0.3) is 0 Å². The number of carbonyl (C=O) groups excluding carboxylic acids is 1. The van der Waals surface area contributed by atoms with Crippen molar-refractivity contribution in [1.82, 2.24) is 9.62 Å². The van der Waals surface area contributed by atoms with Gasteiger partial charge in [0.2, 0.25) is 15.9 Å². The minimum atomic E-state index is -3.43. The number of sulfonamides is 1. The molecule has 1 aliphatic rings. The van der Waals surface area contributed by atoms with Gasteiger partial charge in [-0.2, -0.15) is 4.31 Å². The maximum atomic E-state index is 12.9. The molecule has 5 nitrogen and oxygen atoms in total. The van der Waals surface area contributed by atoms with Crippen LogP contribution in [0.5, 0.6) is 0 Å². The molecule has 0 bridgehead atoms. The lowest BCUT2D eigenvalue weighted by Crippen LogP contribution is -2.39. The molecule has 1 heterocycles. The molecule has 0 radical (unpaired) electrons. The van der Waals surface area contributed by atoms with Gasteiger partial charge in [-0.05, 0) is 55.7 Å². The van der Waals surface area contributed by atoms with E-state index in [1.54, 1.807) is 16.4 Å². The van der Waals surface area contributed by atoms with Crippen LogP contribution in [0, 0.1) is 12.8 Å². The third-order valence-electron chi connectivity index (χ3n) is 5.64. The Labute approximate surface area is 174 Å². The Kier molecular flexibility index (Phi) is 7.45. The van der Waals surface area contributed by atoms with E-state index in [9.17, 15) is 13.2 Å². The molecule has 1 fully saturated rings. The predicted octanol–water partition coefficient (Wildman–Crippen LogP) is 3.53. The Balaban J connectivity index is 1.39. The van der Waals surface area contributed by atoms with Crippen LogP contribution in [-0.2, 0) is 21.2 Å². The third-order valence-corrected chi connectivity index (χ3v) is 7.70. The molecule has 1 aliphatic heterocycles. The summed E-state index contributed by atoms with van der Waals surface area (Å²) in [6.45, 7) is 3.53. The van der Waals surface area contributed by atoms with Crippen LogP contribution < -0.4 is 5.32 Å². The van der Waals surface area contributed by atoms with E-state index in [2.05, 4.69) is 17.4 Å². The fourth-order valence-electron chi connectivity index (χ4n) is 3.84. The van der Waals surface area contributed by atoms with Crippen molar-refractivity contribution in [2.24, 2.45) is 5.92 Å². The number of nitrogens with zero attached hydrogens (tertiary/aromatic N) is 1. The molecule has 0 atom stereocenters. The molecule has 0 spiro atoms. The Hall–Kier alpha value is -2.18. The molecule has 1 saturated heterocycles. The van der Waals surface area contributed by atoms with Crippen LogP contribution in [0.25, 0.3) is 0 Å². The first-order chi connectivity index (χ1) is 14.0. The van der Waals surface area contributed by atoms with E-state index in [1.807, 2.05) is 37.3 Å². The number of aryl methyl sites for hydroxylation is 1. The maximum absolute atomic E-state index is 12.9. The van der Waals surface area contributed by atoms with Gasteiger partial charge in [0.1, 0.15) is 0 Å². The molecule has 0 unspecified atom stereocenters. The summed E-state index contributed by atoms with van der Waals surface area (Å²) in [6, 6.07) is 17.2. The van der Waals surface area contributed by atoms with Gasteiger partial charge >= 0.3 is 0 Å². The summed E-state index contributed by atoms with van der Waals surface area (Å²) in [5.74, 6) is 0.481. The fourth-order valence-corrected chi connectivity index (χ4v) is 5.53. The molecule has 2 aromatic rings. The van der Waals surface area contributed by atoms with E-state index in [0.717, 1.165) is 31.2 Å². The Morgan fingerprint density at radius 2 is 1.69 bits per heavy atom. The largest absolute Gasteiger partial charge is 0.356 e. The van der Waals surface area contributed by atoms with Gasteiger partial charge in [0.15, 0.2) is 0 Å². The van der Waals surface area contributed by atoms with Gasteiger partial charge in [-0.3, -0.25) is 4.79 Å². The van der Waals surface area contributed by atoms with Crippen molar-refractivity contribution in [2.45, 2.75) is 43.9 Å². The lowest BCUT2D eigenvalue weighted by atomic mass is 9.93. The molecule has 29 heavy (non-hydrogen) atoms. The molecule has 1 N–H and O–H groups in total. The lowest BCUT2D eigenvalue weighted by Gasteiger charge is -2.31. The second kappa shape index (κ2) is 10.0. The normalized spacial score (nSPS) is 15.9. The van der Waals surface area contributed by atoms with E-state index in [0.29, 0.717) is 36.9 Å². The summed E-state index contributed by atoms with van der Waals surface area (Å²) in [6.07, 6.45) is 3.77. The topological polar surface area (TPSA) is 66.5 Å². The first-order valence-electron chi connectivity index (χ1n) is 10.3. The molecule has 3 rings (SSSR count). The maximum Gasteiger partial charge on any atom is 0.243 e. The quantitative estimate of drug-likeness (QED) is 0.719. The van der Waals surface area contributed by atoms with Crippen LogP contribution in [-0.4, -0.2) is 38.3 Å². The first kappa shape index (κ1) is 21.5. The van der Waals surface area contributed by atoms with Crippen molar-refractivity contribution in [3.63, 3.8) is 0 Å². The molecular formula is C23H30N2O3S. The summed E-state index contributed by atoms with van der Waals surface area (Å²) in [5, 5.41) is 2.99. The van der Waals surface area contributed by atoms with E-state index in [1.165, 1.54) is 5.56 Å². The van der Waals surface area contributed by atoms with E-state index in [-0.39, 0.29) is 5.91 Å². The van der Waals surface area contributed by atoms with Crippen molar-refractivity contribution in [2.75, 3.05) is 19.6 Å². The van der Waals surface area contributed by atoms with E-state index < -0.39 is 10.0 Å². The molecule has 6 heteroatoms. The van der Waals surface area contributed by atoms with Gasteiger partial charge in [-0.25, -0.2) is 8.42 Å². The number of rotatable bonds is 8. The van der Waals surface area contributed by atoms with Crippen LogP contribution in [0.3, 0.4) is 0 Å². The SMILES string of the molecule is Cc1ccccc1S(=O)(=O)N1CCC(CCC(=O)NCCc2ccccc2)CC1. The zero-order valence-electron chi connectivity index (χ0n) is 17.0. The highest BCUT2D eigenvalue weighted by Crippen LogP contribution is 2.27. The molecule has 156 valence electrons. The molecule has 2 aromatic carbocycles. The number of benzene rings is 2. The van der Waals surface area contributed by atoms with Crippen molar-refractivity contribution >= 4 is 15.9 Å². The van der Waals surface area contributed by atoms with Gasteiger partial charge in [-0.1, -0.05) is 48.5 Å². The van der Waals surface area contributed by atoms with Crippen LogP contribution >= 0.6 is 0 Å². The number of hydrogen-bond acceptors (Lipinski definition) is 3. The Morgan fingerprint density at radius 3 is 2.38 bits per heavy atom. The standard InChI is InChI=1S/C23H30N2O3S/c1-19-7-5-6-10-22(19)29(27,28)25-17-14-21(15-18-25)11-12-23(26)24-16-13-20-8-3-2-4-9-20/h2-10,21H,11-18H2,1H3,(H,24,26). The number of hydrogen-bond donors (Lipinski definition) is 1. The van der Waals surface area contributed by atoms with Gasteiger partial charge in [-0.15, -0.1) is 0 Å². The molecule has 0 saturated carbocycles. The zero-order valence-corrected chi connectivity index (χ0v) is 17.8. The third kappa shape index (κ3) is 5.90. The molecule has 0 aliphatic carbocycles. The van der Waals surface area contributed by atoms with Crippen LogP contribution in [0.15, 0.2) is 59.5 Å². The molecule has 1 amide bonds. The fraction of sp³-hybridized carbons (Fsp3) is 0.435. The van der Waals surface area contributed by atoms with Crippen molar-refractivity contribution in [3.05, 3.63) is 65.7 Å². The predicted molar refractivity (Wildman–Crippen MR) is 115 cm³/mol. The van der Waals surface area contributed by atoms with Crippen LogP contribution in [0.4, 0.5) is 0 Å². The summed E-state index contributed by atoms with van der Waals surface area (Å²) in [7, 11) is -3.43. The van der Waals surface area contributed by atoms with Crippen LogP contribution in [0.1, 0.15) is 36.8 Å². The highest BCUT2D eigenvalue weighted by atomic mass is 32.2. The van der Waals surface area contributed by atoms with Gasteiger partial charge in [0, 0.05) is 26.1 Å². The molecular weight excluding hydrogens is 384 g/mol. The van der Waals surface area contributed by atoms with E-state index in [4.69, 9.17) is 0 Å². The average Bonchev–Trinajstić information content (AvgIpc) is 2.73. The zero-order chi connectivity index (χ0) is 20.7. The number of amides is 1. The lowest BCUT2D eigenvalue weighted by molar-refractivity contribution is -0.121. The van der Waals surface area contributed by atoms with Gasteiger partial charge < -0.3 is 5.32 Å². The number of piperidine rings is 1. The minimum absolute atomic E-state index is 0.0795.